The lowest BCUT2D eigenvalue weighted by Crippen LogP contribution is -2.43. The summed E-state index contributed by atoms with van der Waals surface area (Å²) in [6.45, 7) is 6.61. The van der Waals surface area contributed by atoms with Crippen molar-refractivity contribution < 1.29 is 0 Å². The average molecular weight is 290 g/mol. The molecule has 0 radical (unpaired) electrons. The molecule has 0 saturated carbocycles. The van der Waals surface area contributed by atoms with E-state index in [0.717, 1.165) is 41.4 Å². The minimum absolute atomic E-state index is 0.491. The molecule has 1 aromatic carbocycles. The van der Waals surface area contributed by atoms with Gasteiger partial charge in [-0.15, -0.1) is 11.3 Å². The molecule has 0 aliphatic carbocycles. The van der Waals surface area contributed by atoms with E-state index in [1.165, 1.54) is 4.70 Å². The summed E-state index contributed by atoms with van der Waals surface area (Å²) in [5.41, 5.74) is 9.10. The highest BCUT2D eigenvalue weighted by atomic mass is 32.1. The van der Waals surface area contributed by atoms with Crippen LogP contribution in [0.5, 0.6) is 0 Å². The molecule has 0 spiro atoms. The molecule has 4 nitrogen and oxygen atoms in total. The van der Waals surface area contributed by atoms with Crippen LogP contribution < -0.4 is 11.1 Å². The highest BCUT2D eigenvalue weighted by molar-refractivity contribution is 7.18. The number of nitrogens with zero attached hydrogens (tertiary/aromatic N) is 2. The number of nitrogens with one attached hydrogen (secondary N) is 1. The van der Waals surface area contributed by atoms with Crippen LogP contribution in [-0.2, 0) is 0 Å². The van der Waals surface area contributed by atoms with Gasteiger partial charge in [0.25, 0.3) is 0 Å². The number of fused-ring (bicyclic) bond motifs is 1. The first-order valence-electron chi connectivity index (χ1n) is 7.14. The monoisotopic (exact) mass is 290 g/mol. The molecule has 1 fully saturated rings. The second kappa shape index (κ2) is 5.22. The maximum atomic E-state index is 6.19. The molecule has 2 atom stereocenters. The molecule has 2 heterocycles. The molecule has 2 unspecified atom stereocenters. The zero-order chi connectivity index (χ0) is 14.3. The van der Waals surface area contributed by atoms with E-state index in [9.17, 15) is 0 Å². The Labute approximate surface area is 124 Å². The summed E-state index contributed by atoms with van der Waals surface area (Å²) < 4.78 is 1.17. The van der Waals surface area contributed by atoms with E-state index < -0.39 is 0 Å². The van der Waals surface area contributed by atoms with Gasteiger partial charge in [-0.2, -0.15) is 0 Å². The average Bonchev–Trinajstić information content (AvgIpc) is 2.72. The molecule has 1 saturated heterocycles. The summed E-state index contributed by atoms with van der Waals surface area (Å²) in [5, 5.41) is 4.72. The Balaban J connectivity index is 1.84. The van der Waals surface area contributed by atoms with Crippen LogP contribution in [-0.4, -0.2) is 36.1 Å². The summed E-state index contributed by atoms with van der Waals surface area (Å²) in [6.07, 6.45) is 1.16. The van der Waals surface area contributed by atoms with Crippen LogP contribution in [0.15, 0.2) is 12.1 Å². The molecule has 3 N–H and O–H groups in total. The fourth-order valence-corrected chi connectivity index (χ4v) is 3.86. The molecule has 2 aromatic rings. The van der Waals surface area contributed by atoms with Gasteiger partial charge in [0, 0.05) is 12.6 Å². The Bertz CT molecular complexity index is 622. The number of benzene rings is 1. The first-order chi connectivity index (χ1) is 9.52. The number of anilines is 2. The topological polar surface area (TPSA) is 54.2 Å². The zero-order valence-corrected chi connectivity index (χ0v) is 13.1. The van der Waals surface area contributed by atoms with Gasteiger partial charge < -0.3 is 16.0 Å². The molecular weight excluding hydrogens is 268 g/mol. The highest BCUT2D eigenvalue weighted by Gasteiger charge is 2.24. The molecular formula is C15H22N4S. The Morgan fingerprint density at radius 1 is 1.45 bits per heavy atom. The van der Waals surface area contributed by atoms with E-state index in [-0.39, 0.29) is 0 Å². The van der Waals surface area contributed by atoms with Gasteiger partial charge in [0.05, 0.1) is 26.6 Å². The van der Waals surface area contributed by atoms with Crippen molar-refractivity contribution in [1.82, 2.24) is 9.88 Å². The zero-order valence-electron chi connectivity index (χ0n) is 12.3. The molecule has 1 aliphatic rings. The van der Waals surface area contributed by atoms with Crippen LogP contribution in [0.3, 0.4) is 0 Å². The largest absolute Gasteiger partial charge is 0.397 e. The number of nitrogen functional groups attached to an aromatic ring is 1. The van der Waals surface area contributed by atoms with Crippen molar-refractivity contribution >= 4 is 32.9 Å². The van der Waals surface area contributed by atoms with E-state index in [4.69, 9.17) is 5.73 Å². The molecule has 5 heteroatoms. The number of hydrogen-bond donors (Lipinski definition) is 2. The van der Waals surface area contributed by atoms with Crippen LogP contribution in [0.4, 0.5) is 11.4 Å². The van der Waals surface area contributed by atoms with Crippen molar-refractivity contribution in [2.24, 2.45) is 5.92 Å². The number of likely N-dealkylation sites (tertiary alicyclic amines) is 1. The summed E-state index contributed by atoms with van der Waals surface area (Å²) in [5.74, 6) is 0.626. The molecule has 20 heavy (non-hydrogen) atoms. The van der Waals surface area contributed by atoms with Gasteiger partial charge in [0.1, 0.15) is 0 Å². The minimum Gasteiger partial charge on any atom is -0.397 e. The Hall–Kier alpha value is -1.33. The molecule has 108 valence electrons. The van der Waals surface area contributed by atoms with Crippen molar-refractivity contribution in [3.8, 4) is 0 Å². The normalized spacial score (nSPS) is 24.1. The van der Waals surface area contributed by atoms with Crippen LogP contribution in [0.25, 0.3) is 10.2 Å². The third-order valence-corrected chi connectivity index (χ3v) is 5.05. The maximum Gasteiger partial charge on any atom is 0.0907 e. The van der Waals surface area contributed by atoms with E-state index in [1.54, 1.807) is 11.3 Å². The summed E-state index contributed by atoms with van der Waals surface area (Å²) in [7, 11) is 2.19. The lowest BCUT2D eigenvalue weighted by molar-refractivity contribution is 0.206. The van der Waals surface area contributed by atoms with Gasteiger partial charge in [-0.1, -0.05) is 6.92 Å². The van der Waals surface area contributed by atoms with Gasteiger partial charge in [0.15, 0.2) is 0 Å². The van der Waals surface area contributed by atoms with E-state index in [1.807, 2.05) is 13.0 Å². The number of rotatable bonds is 2. The minimum atomic E-state index is 0.491. The number of piperidine rings is 1. The SMILES string of the molecule is Cc1nc2cc(NC3CCN(C)CC3C)c(N)cc2s1. The third-order valence-electron chi connectivity index (χ3n) is 4.12. The van der Waals surface area contributed by atoms with Crippen LogP contribution in [0.2, 0.25) is 0 Å². The van der Waals surface area contributed by atoms with Gasteiger partial charge >= 0.3 is 0 Å². The second-order valence-corrected chi connectivity index (χ2v) is 7.15. The number of hydrogen-bond acceptors (Lipinski definition) is 5. The smallest absolute Gasteiger partial charge is 0.0907 e. The Kier molecular flexibility index (Phi) is 3.56. The van der Waals surface area contributed by atoms with Crippen molar-refractivity contribution in [1.29, 1.82) is 0 Å². The Morgan fingerprint density at radius 3 is 3.00 bits per heavy atom. The van der Waals surface area contributed by atoms with E-state index >= 15 is 0 Å². The second-order valence-electron chi connectivity index (χ2n) is 5.92. The molecule has 3 rings (SSSR count). The molecule has 1 aliphatic heterocycles. The lowest BCUT2D eigenvalue weighted by atomic mass is 9.94. The van der Waals surface area contributed by atoms with Crippen molar-refractivity contribution in [2.75, 3.05) is 31.2 Å². The Morgan fingerprint density at radius 2 is 2.25 bits per heavy atom. The maximum absolute atomic E-state index is 6.19. The molecule has 0 bridgehead atoms. The quantitative estimate of drug-likeness (QED) is 0.835. The predicted octanol–water partition coefficient (Wildman–Crippen LogP) is 2.94. The van der Waals surface area contributed by atoms with E-state index in [2.05, 4.69) is 35.2 Å². The standard InChI is InChI=1S/C15H22N4S/c1-9-8-19(3)5-4-12(9)18-13-7-14-15(6-11(13)16)20-10(2)17-14/h6-7,9,12,18H,4-5,8,16H2,1-3H3. The first kappa shape index (κ1) is 13.6. The van der Waals surface area contributed by atoms with E-state index in [0.29, 0.717) is 12.0 Å². The number of aromatic nitrogens is 1. The number of aryl methyl sites for hydroxylation is 1. The first-order valence-corrected chi connectivity index (χ1v) is 7.96. The predicted molar refractivity (Wildman–Crippen MR) is 87.5 cm³/mol. The van der Waals surface area contributed by atoms with Crippen molar-refractivity contribution in [2.45, 2.75) is 26.3 Å². The summed E-state index contributed by atoms with van der Waals surface area (Å²) in [6, 6.07) is 4.63. The molecule has 1 aromatic heterocycles. The fourth-order valence-electron chi connectivity index (χ4n) is 3.00. The lowest BCUT2D eigenvalue weighted by Gasteiger charge is -2.36. The number of thiazole rings is 1. The van der Waals surface area contributed by atoms with Crippen molar-refractivity contribution in [3.05, 3.63) is 17.1 Å². The van der Waals surface area contributed by atoms with Crippen LogP contribution in [0.1, 0.15) is 18.4 Å². The fraction of sp³-hybridized carbons (Fsp3) is 0.533. The van der Waals surface area contributed by atoms with Crippen LogP contribution in [0, 0.1) is 12.8 Å². The molecule has 0 amide bonds. The highest BCUT2D eigenvalue weighted by Crippen LogP contribution is 2.31. The van der Waals surface area contributed by atoms with Gasteiger partial charge in [-0.25, -0.2) is 4.98 Å². The summed E-state index contributed by atoms with van der Waals surface area (Å²) in [4.78, 5) is 6.94. The van der Waals surface area contributed by atoms with Gasteiger partial charge in [0.2, 0.25) is 0 Å². The van der Waals surface area contributed by atoms with Gasteiger partial charge in [-0.3, -0.25) is 0 Å². The third kappa shape index (κ3) is 2.60. The summed E-state index contributed by atoms with van der Waals surface area (Å²) >= 11 is 1.70. The number of nitrogens with two attached hydrogens (primary N) is 1. The van der Waals surface area contributed by atoms with Crippen molar-refractivity contribution in [3.63, 3.8) is 0 Å². The van der Waals surface area contributed by atoms with Crippen LogP contribution >= 0.6 is 11.3 Å². The van der Waals surface area contributed by atoms with Gasteiger partial charge in [-0.05, 0) is 45.0 Å².